The number of thiazole rings is 1. The smallest absolute Gasteiger partial charge is 0.444 e. The maximum atomic E-state index is 12.2. The molecule has 2 rings (SSSR count). The molecule has 120 valence electrons. The number of anilines is 1. The molecule has 1 aliphatic heterocycles. The lowest BCUT2D eigenvalue weighted by Gasteiger charge is -2.34. The van der Waals surface area contributed by atoms with Crippen LogP contribution in [0.4, 0.5) is 9.93 Å². The Bertz CT molecular complexity index is 571. The molecule has 0 aromatic carbocycles. The highest BCUT2D eigenvalue weighted by atomic mass is 32.1. The minimum Gasteiger partial charge on any atom is -0.444 e. The molecular formula is C12H18BN3O5S. The van der Waals surface area contributed by atoms with E-state index in [1.807, 2.05) is 0 Å². The standard InChI is InChI=1S/C12H18BN3O5S/c1-12(2,3)21-11(18)15-4-5-16(9(17)6-15)10-14-8(7-22-10)13(19)20/h7,19-20H,4-6H2,1-3H3. The van der Waals surface area contributed by atoms with Crippen molar-refractivity contribution in [3.8, 4) is 0 Å². The lowest BCUT2D eigenvalue weighted by molar-refractivity contribution is -0.121. The van der Waals surface area contributed by atoms with Crippen molar-refractivity contribution in [1.82, 2.24) is 9.88 Å². The molecule has 2 heterocycles. The van der Waals surface area contributed by atoms with E-state index in [1.165, 1.54) is 15.2 Å². The summed E-state index contributed by atoms with van der Waals surface area (Å²) in [6.45, 7) is 5.82. The van der Waals surface area contributed by atoms with Gasteiger partial charge in [-0.1, -0.05) is 0 Å². The van der Waals surface area contributed by atoms with Crippen LogP contribution in [0.5, 0.6) is 0 Å². The van der Waals surface area contributed by atoms with Gasteiger partial charge in [0, 0.05) is 18.5 Å². The second-order valence-corrected chi connectivity index (χ2v) is 6.71. The van der Waals surface area contributed by atoms with Crippen LogP contribution in [0, 0.1) is 0 Å². The van der Waals surface area contributed by atoms with Crippen LogP contribution < -0.4 is 10.5 Å². The molecule has 0 aliphatic carbocycles. The second kappa shape index (κ2) is 6.23. The summed E-state index contributed by atoms with van der Waals surface area (Å²) in [5.74, 6) is -0.287. The van der Waals surface area contributed by atoms with Crippen molar-refractivity contribution < 1.29 is 24.4 Å². The van der Waals surface area contributed by atoms with Crippen molar-refractivity contribution in [3.05, 3.63) is 5.38 Å². The highest BCUT2D eigenvalue weighted by Gasteiger charge is 2.32. The highest BCUT2D eigenvalue weighted by molar-refractivity contribution is 7.14. The van der Waals surface area contributed by atoms with Gasteiger partial charge in [-0.15, -0.1) is 11.3 Å². The number of carbonyl (C=O) groups is 2. The molecule has 0 atom stereocenters. The molecule has 10 heteroatoms. The zero-order valence-electron chi connectivity index (χ0n) is 12.6. The van der Waals surface area contributed by atoms with E-state index in [4.69, 9.17) is 14.8 Å². The van der Waals surface area contributed by atoms with Crippen LogP contribution in [0.15, 0.2) is 5.38 Å². The second-order valence-electron chi connectivity index (χ2n) is 5.88. The summed E-state index contributed by atoms with van der Waals surface area (Å²) >= 11 is 1.15. The molecule has 0 unspecified atom stereocenters. The van der Waals surface area contributed by atoms with Crippen LogP contribution in [0.1, 0.15) is 20.8 Å². The lowest BCUT2D eigenvalue weighted by atomic mass is 9.88. The van der Waals surface area contributed by atoms with Gasteiger partial charge in [-0.2, -0.15) is 0 Å². The van der Waals surface area contributed by atoms with E-state index < -0.39 is 18.8 Å². The zero-order chi connectivity index (χ0) is 16.5. The van der Waals surface area contributed by atoms with E-state index in [-0.39, 0.29) is 24.6 Å². The number of rotatable bonds is 2. The van der Waals surface area contributed by atoms with Crippen LogP contribution >= 0.6 is 11.3 Å². The average Bonchev–Trinajstić information content (AvgIpc) is 2.86. The fourth-order valence-corrected chi connectivity index (χ4v) is 2.76. The Morgan fingerprint density at radius 2 is 2.09 bits per heavy atom. The first-order valence-electron chi connectivity index (χ1n) is 6.77. The number of aromatic nitrogens is 1. The van der Waals surface area contributed by atoms with E-state index in [0.29, 0.717) is 11.7 Å². The fourth-order valence-electron chi connectivity index (χ4n) is 1.88. The number of piperazine rings is 1. The Balaban J connectivity index is 2.00. The van der Waals surface area contributed by atoms with Gasteiger partial charge in [-0.25, -0.2) is 9.78 Å². The minimum absolute atomic E-state index is 0.0918. The monoisotopic (exact) mass is 327 g/mol. The first kappa shape index (κ1) is 16.7. The number of hydrogen-bond donors (Lipinski definition) is 2. The number of ether oxygens (including phenoxy) is 1. The van der Waals surface area contributed by atoms with Gasteiger partial charge in [0.25, 0.3) is 0 Å². The minimum atomic E-state index is -1.66. The predicted molar refractivity (Wildman–Crippen MR) is 82.1 cm³/mol. The molecule has 1 aromatic rings. The molecule has 1 fully saturated rings. The van der Waals surface area contributed by atoms with Crippen molar-refractivity contribution in [3.63, 3.8) is 0 Å². The Kier molecular flexibility index (Phi) is 4.73. The van der Waals surface area contributed by atoms with Gasteiger partial charge in [-0.3, -0.25) is 14.6 Å². The summed E-state index contributed by atoms with van der Waals surface area (Å²) in [6, 6.07) is 0. The Morgan fingerprint density at radius 1 is 1.41 bits per heavy atom. The molecule has 2 amide bonds. The van der Waals surface area contributed by atoms with Gasteiger partial charge >= 0.3 is 13.2 Å². The number of nitrogens with zero attached hydrogens (tertiary/aromatic N) is 3. The zero-order valence-corrected chi connectivity index (χ0v) is 13.5. The Hall–Kier alpha value is -1.65. The van der Waals surface area contributed by atoms with Crippen molar-refractivity contribution in [1.29, 1.82) is 0 Å². The maximum absolute atomic E-state index is 12.2. The van der Waals surface area contributed by atoms with Gasteiger partial charge < -0.3 is 14.8 Å². The SMILES string of the molecule is CC(C)(C)OC(=O)N1CCN(c2nc(B(O)O)cs2)C(=O)C1. The summed E-state index contributed by atoms with van der Waals surface area (Å²) in [5.41, 5.74) is -0.513. The Labute approximate surface area is 132 Å². The van der Waals surface area contributed by atoms with Crippen LogP contribution in [-0.4, -0.2) is 64.3 Å². The van der Waals surface area contributed by atoms with Crippen molar-refractivity contribution in [2.45, 2.75) is 26.4 Å². The first-order chi connectivity index (χ1) is 10.2. The van der Waals surface area contributed by atoms with Crippen LogP contribution in [-0.2, 0) is 9.53 Å². The van der Waals surface area contributed by atoms with E-state index in [9.17, 15) is 9.59 Å². The van der Waals surface area contributed by atoms with Gasteiger partial charge in [0.05, 0.1) is 5.59 Å². The molecule has 0 saturated carbocycles. The summed E-state index contributed by atoms with van der Waals surface area (Å²) in [4.78, 5) is 30.9. The molecular weight excluding hydrogens is 309 g/mol. The van der Waals surface area contributed by atoms with Crippen LogP contribution in [0.25, 0.3) is 0 Å². The normalized spacial score (nSPS) is 16.0. The third kappa shape index (κ3) is 3.96. The first-order valence-corrected chi connectivity index (χ1v) is 7.65. The number of hydrogen-bond acceptors (Lipinski definition) is 7. The van der Waals surface area contributed by atoms with Gasteiger partial charge in [0.15, 0.2) is 5.13 Å². The van der Waals surface area contributed by atoms with E-state index in [1.54, 1.807) is 20.8 Å². The summed E-state index contributed by atoms with van der Waals surface area (Å²) in [7, 11) is -1.66. The molecule has 1 aromatic heterocycles. The van der Waals surface area contributed by atoms with E-state index in [2.05, 4.69) is 4.98 Å². The van der Waals surface area contributed by atoms with Crippen molar-refractivity contribution in [2.75, 3.05) is 24.5 Å². The molecule has 8 nitrogen and oxygen atoms in total. The van der Waals surface area contributed by atoms with Crippen molar-refractivity contribution >= 4 is 41.2 Å². The van der Waals surface area contributed by atoms with Crippen LogP contribution in [0.3, 0.4) is 0 Å². The van der Waals surface area contributed by atoms with Gasteiger partial charge in [-0.05, 0) is 20.8 Å². The van der Waals surface area contributed by atoms with E-state index in [0.717, 1.165) is 11.3 Å². The van der Waals surface area contributed by atoms with Gasteiger partial charge in [0.1, 0.15) is 12.1 Å². The molecule has 0 spiro atoms. The molecule has 0 radical (unpaired) electrons. The largest absolute Gasteiger partial charge is 0.509 e. The summed E-state index contributed by atoms with van der Waals surface area (Å²) in [6.07, 6.45) is -0.522. The van der Waals surface area contributed by atoms with Crippen molar-refractivity contribution in [2.24, 2.45) is 0 Å². The topological polar surface area (TPSA) is 103 Å². The molecule has 1 aliphatic rings. The quantitative estimate of drug-likeness (QED) is 0.704. The number of carbonyl (C=O) groups excluding carboxylic acids is 2. The number of amides is 2. The van der Waals surface area contributed by atoms with Gasteiger partial charge in [0.2, 0.25) is 5.91 Å². The fraction of sp³-hybridized carbons (Fsp3) is 0.583. The molecule has 2 N–H and O–H groups in total. The predicted octanol–water partition coefficient (Wildman–Crippen LogP) is -0.593. The summed E-state index contributed by atoms with van der Waals surface area (Å²) in [5, 5.41) is 20.0. The average molecular weight is 327 g/mol. The molecule has 22 heavy (non-hydrogen) atoms. The highest BCUT2D eigenvalue weighted by Crippen LogP contribution is 2.20. The van der Waals surface area contributed by atoms with E-state index >= 15 is 0 Å². The lowest BCUT2D eigenvalue weighted by Crippen LogP contribution is -2.53. The third-order valence-electron chi connectivity index (χ3n) is 2.88. The Morgan fingerprint density at radius 3 is 2.59 bits per heavy atom. The summed E-state index contributed by atoms with van der Waals surface area (Å²) < 4.78 is 5.24. The molecule has 1 saturated heterocycles. The maximum Gasteiger partial charge on any atom is 0.509 e. The van der Waals surface area contributed by atoms with Crippen LogP contribution in [0.2, 0.25) is 0 Å². The molecule has 0 bridgehead atoms. The third-order valence-corrected chi connectivity index (χ3v) is 3.76.